The molecule has 0 spiro atoms. The summed E-state index contributed by atoms with van der Waals surface area (Å²) in [5, 5.41) is 0. The van der Waals surface area contributed by atoms with E-state index in [4.69, 9.17) is 9.15 Å². The Kier molecular flexibility index (Phi) is 6.03. The number of furan rings is 1. The van der Waals surface area contributed by atoms with Crippen LogP contribution in [0.5, 0.6) is 5.75 Å². The fourth-order valence-corrected chi connectivity index (χ4v) is 6.99. The molecule has 1 fully saturated rings. The Hall–Kier alpha value is -2.16. The highest BCUT2D eigenvalue weighted by Crippen LogP contribution is 2.45. The standard InChI is InChI=1S/C21H18O5S3/c22-20(26-16-8-6-15(7-9-16)21-27-12-13-28-21)19-11-10-17(25-19)14-29(23,24)18-4-2-1-3-5-18/h1-11,21H,12-14H2. The fraction of sp³-hybridized carbons (Fsp3) is 0.190. The number of benzene rings is 2. The van der Waals surface area contributed by atoms with Crippen LogP contribution in [-0.4, -0.2) is 25.9 Å². The number of rotatable bonds is 6. The lowest BCUT2D eigenvalue weighted by molar-refractivity contribution is 0.0699. The second kappa shape index (κ2) is 8.69. The van der Waals surface area contributed by atoms with Crippen LogP contribution >= 0.6 is 23.5 Å². The van der Waals surface area contributed by atoms with Crippen molar-refractivity contribution in [1.29, 1.82) is 0 Å². The molecule has 8 heteroatoms. The first-order valence-corrected chi connectivity index (χ1v) is 12.7. The molecule has 1 aliphatic heterocycles. The van der Waals surface area contributed by atoms with Gasteiger partial charge in [-0.1, -0.05) is 30.3 Å². The van der Waals surface area contributed by atoms with Gasteiger partial charge >= 0.3 is 5.97 Å². The van der Waals surface area contributed by atoms with E-state index >= 15 is 0 Å². The van der Waals surface area contributed by atoms with E-state index in [0.29, 0.717) is 10.3 Å². The van der Waals surface area contributed by atoms with Crippen molar-refractivity contribution >= 4 is 39.3 Å². The number of carbonyl (C=O) groups is 1. The monoisotopic (exact) mass is 446 g/mol. The first-order valence-electron chi connectivity index (χ1n) is 8.93. The molecule has 3 aromatic rings. The van der Waals surface area contributed by atoms with E-state index in [1.54, 1.807) is 30.3 Å². The molecule has 4 rings (SSSR count). The number of esters is 1. The average Bonchev–Trinajstić information content (AvgIpc) is 3.41. The minimum Gasteiger partial charge on any atom is -0.453 e. The van der Waals surface area contributed by atoms with Crippen LogP contribution in [0.15, 0.2) is 76.0 Å². The molecular formula is C21H18O5S3. The topological polar surface area (TPSA) is 73.6 Å². The van der Waals surface area contributed by atoms with Gasteiger partial charge in [-0.25, -0.2) is 13.2 Å². The lowest BCUT2D eigenvalue weighted by atomic mass is 10.2. The SMILES string of the molecule is O=C(Oc1ccc(C2SCCS2)cc1)c1ccc(CS(=O)(=O)c2ccccc2)o1. The van der Waals surface area contributed by atoms with Gasteiger partial charge in [0.15, 0.2) is 9.84 Å². The van der Waals surface area contributed by atoms with E-state index in [9.17, 15) is 13.2 Å². The molecule has 0 saturated carbocycles. The molecule has 2 aromatic carbocycles. The number of hydrogen-bond donors (Lipinski definition) is 0. The van der Waals surface area contributed by atoms with E-state index in [1.807, 2.05) is 35.7 Å². The third kappa shape index (κ3) is 4.88. The molecule has 1 saturated heterocycles. The van der Waals surface area contributed by atoms with E-state index < -0.39 is 15.8 Å². The normalized spacial score (nSPS) is 14.8. The molecular weight excluding hydrogens is 428 g/mol. The molecule has 1 aliphatic rings. The Morgan fingerprint density at radius 1 is 0.966 bits per heavy atom. The van der Waals surface area contributed by atoms with Crippen LogP contribution in [0.25, 0.3) is 0 Å². The summed E-state index contributed by atoms with van der Waals surface area (Å²) >= 11 is 3.82. The largest absolute Gasteiger partial charge is 0.453 e. The quantitative estimate of drug-likeness (QED) is 0.392. The molecule has 1 aromatic heterocycles. The Labute approximate surface area is 177 Å². The van der Waals surface area contributed by atoms with Gasteiger partial charge in [0.05, 0.1) is 9.48 Å². The highest BCUT2D eigenvalue weighted by atomic mass is 32.2. The maximum Gasteiger partial charge on any atom is 0.379 e. The summed E-state index contributed by atoms with van der Waals surface area (Å²) in [5.41, 5.74) is 1.20. The van der Waals surface area contributed by atoms with Crippen molar-refractivity contribution in [1.82, 2.24) is 0 Å². The summed E-state index contributed by atoms with van der Waals surface area (Å²) in [6, 6.07) is 18.5. The van der Waals surface area contributed by atoms with Gasteiger partial charge in [-0.3, -0.25) is 0 Å². The fourth-order valence-electron chi connectivity index (χ4n) is 2.86. The van der Waals surface area contributed by atoms with Crippen molar-refractivity contribution in [2.45, 2.75) is 15.2 Å². The summed E-state index contributed by atoms with van der Waals surface area (Å²) < 4.78 is 36.1. The van der Waals surface area contributed by atoms with E-state index in [2.05, 4.69) is 0 Å². The molecule has 0 amide bonds. The lowest BCUT2D eigenvalue weighted by Crippen LogP contribution is -2.07. The van der Waals surface area contributed by atoms with Crippen molar-refractivity contribution in [3.05, 3.63) is 83.8 Å². The van der Waals surface area contributed by atoms with Gasteiger partial charge < -0.3 is 9.15 Å². The zero-order chi connectivity index (χ0) is 20.3. The summed E-state index contributed by atoms with van der Waals surface area (Å²) in [4.78, 5) is 12.5. The van der Waals surface area contributed by atoms with Crippen LogP contribution in [0.1, 0.15) is 26.5 Å². The van der Waals surface area contributed by atoms with Crippen LogP contribution in [0.2, 0.25) is 0 Å². The molecule has 29 heavy (non-hydrogen) atoms. The van der Waals surface area contributed by atoms with Gasteiger partial charge in [0, 0.05) is 11.5 Å². The van der Waals surface area contributed by atoms with E-state index in [1.165, 1.54) is 29.8 Å². The predicted octanol–water partition coefficient (Wildman–Crippen LogP) is 4.95. The van der Waals surface area contributed by atoms with Crippen molar-refractivity contribution in [3.63, 3.8) is 0 Å². The maximum atomic E-state index is 12.4. The van der Waals surface area contributed by atoms with Gasteiger partial charge in [-0.15, -0.1) is 23.5 Å². The number of carbonyl (C=O) groups excluding carboxylic acids is 1. The Balaban J connectivity index is 1.40. The maximum absolute atomic E-state index is 12.4. The molecule has 0 radical (unpaired) electrons. The molecule has 0 aliphatic carbocycles. The van der Waals surface area contributed by atoms with Crippen LogP contribution < -0.4 is 4.74 Å². The second-order valence-electron chi connectivity index (χ2n) is 6.37. The second-order valence-corrected chi connectivity index (χ2v) is 11.1. The van der Waals surface area contributed by atoms with Gasteiger partial charge in [-0.05, 0) is 42.0 Å². The van der Waals surface area contributed by atoms with Crippen LogP contribution in [0.4, 0.5) is 0 Å². The third-order valence-electron chi connectivity index (χ3n) is 4.28. The zero-order valence-electron chi connectivity index (χ0n) is 15.3. The highest BCUT2D eigenvalue weighted by molar-refractivity contribution is 8.19. The Morgan fingerprint density at radius 3 is 2.34 bits per heavy atom. The molecule has 2 heterocycles. The minimum atomic E-state index is -3.55. The molecule has 0 bridgehead atoms. The summed E-state index contributed by atoms with van der Waals surface area (Å²) in [5.74, 6) is 1.88. The molecule has 5 nitrogen and oxygen atoms in total. The van der Waals surface area contributed by atoms with Gasteiger partial charge in [-0.2, -0.15) is 0 Å². The number of hydrogen-bond acceptors (Lipinski definition) is 7. The molecule has 150 valence electrons. The van der Waals surface area contributed by atoms with Crippen molar-refractivity contribution in [3.8, 4) is 5.75 Å². The van der Waals surface area contributed by atoms with Crippen molar-refractivity contribution in [2.75, 3.05) is 11.5 Å². The van der Waals surface area contributed by atoms with Crippen molar-refractivity contribution < 1.29 is 22.4 Å². The molecule has 0 N–H and O–H groups in total. The van der Waals surface area contributed by atoms with Crippen LogP contribution in [-0.2, 0) is 15.6 Å². The Morgan fingerprint density at radius 2 is 1.66 bits per heavy atom. The first-order chi connectivity index (χ1) is 14.0. The van der Waals surface area contributed by atoms with Gasteiger partial charge in [0.1, 0.15) is 17.3 Å². The molecule has 0 atom stereocenters. The summed E-state index contributed by atoms with van der Waals surface area (Å²) in [7, 11) is -3.55. The Bertz CT molecular complexity index is 1080. The van der Waals surface area contributed by atoms with Gasteiger partial charge in [0.25, 0.3) is 0 Å². The number of thioether (sulfide) groups is 2. The van der Waals surface area contributed by atoms with Gasteiger partial charge in [0.2, 0.25) is 5.76 Å². The van der Waals surface area contributed by atoms with Crippen LogP contribution in [0.3, 0.4) is 0 Å². The minimum absolute atomic E-state index is 0.0331. The smallest absolute Gasteiger partial charge is 0.379 e. The number of sulfone groups is 1. The lowest BCUT2D eigenvalue weighted by Gasteiger charge is -2.09. The number of ether oxygens (including phenoxy) is 1. The zero-order valence-corrected chi connectivity index (χ0v) is 17.8. The van der Waals surface area contributed by atoms with E-state index in [0.717, 1.165) is 11.5 Å². The molecule has 0 unspecified atom stereocenters. The van der Waals surface area contributed by atoms with E-state index in [-0.39, 0.29) is 22.2 Å². The highest BCUT2D eigenvalue weighted by Gasteiger charge is 2.21. The summed E-state index contributed by atoms with van der Waals surface area (Å²) in [6.07, 6.45) is 0. The third-order valence-corrected chi connectivity index (χ3v) is 9.04. The summed E-state index contributed by atoms with van der Waals surface area (Å²) in [6.45, 7) is 0. The van der Waals surface area contributed by atoms with Crippen molar-refractivity contribution in [2.24, 2.45) is 0 Å². The predicted molar refractivity (Wildman–Crippen MR) is 115 cm³/mol. The average molecular weight is 447 g/mol. The first kappa shape index (κ1) is 20.1. The van der Waals surface area contributed by atoms with Crippen LogP contribution in [0, 0.1) is 0 Å².